The number of carbonyl (C=O) groups is 14. The Balaban J connectivity index is 2.82. The van der Waals surface area contributed by atoms with Crippen LogP contribution in [0.15, 0.2) is 60.7 Å². The fourth-order valence-electron chi connectivity index (χ4n) is 16.3. The molecule has 38 heteroatoms. The van der Waals surface area contributed by atoms with Gasteiger partial charge in [0.25, 0.3) is 0 Å². The maximum atomic E-state index is 15.6. The van der Waals surface area contributed by atoms with Crippen LogP contribution in [0.25, 0.3) is 0 Å². The summed E-state index contributed by atoms with van der Waals surface area (Å²) in [5.74, 6) is -5.75. The Morgan fingerprint density at radius 2 is 0.411 bits per heavy atom. The third-order valence-corrected chi connectivity index (χ3v) is 25.9. The summed E-state index contributed by atoms with van der Waals surface area (Å²) >= 11 is 0. The summed E-state index contributed by atoms with van der Waals surface area (Å²) in [6.45, 7) is 45.1. The molecule has 0 radical (unpaired) electrons. The molecule has 0 saturated carbocycles. The Morgan fingerprint density at radius 3 is 0.645 bits per heavy atom. The number of amides is 14. The number of aliphatic hydroxyl groups excluding tert-OH is 1. The van der Waals surface area contributed by atoms with Crippen molar-refractivity contribution >= 4 is 82.7 Å². The Hall–Kier alpha value is -9.38. The molecule has 2 rings (SSSR count). The van der Waals surface area contributed by atoms with Gasteiger partial charge in [-0.15, -0.1) is 0 Å². The van der Waals surface area contributed by atoms with Gasteiger partial charge in [-0.3, -0.25) is 112 Å². The molecule has 0 saturated heterocycles. The highest BCUT2D eigenvalue weighted by atomic mass is 16.3. The second-order valence-electron chi connectivity index (χ2n) is 36.0. The van der Waals surface area contributed by atoms with E-state index in [2.05, 4.69) is 84.7 Å². The lowest BCUT2D eigenvalue weighted by molar-refractivity contribution is -0.134. The number of benzene rings is 2. The van der Waals surface area contributed by atoms with Crippen molar-refractivity contribution in [2.24, 2.45) is 0 Å². The summed E-state index contributed by atoms with van der Waals surface area (Å²) in [6.07, 6.45) is 5.70. The van der Waals surface area contributed by atoms with Crippen LogP contribution in [0.3, 0.4) is 0 Å². The molecule has 141 heavy (non-hydrogen) atoms. The third kappa shape index (κ3) is 57.0. The molecule has 0 heterocycles. The average molecular weight is 1990 g/mol. The number of likely N-dealkylation sites (N-methyl/N-ethyl adjacent to an activating group) is 8. The Kier molecular flexibility index (Phi) is 71.6. The van der Waals surface area contributed by atoms with Crippen LogP contribution < -0.4 is 79.8 Å². The molecule has 16 N–H and O–H groups in total. The SMILES string of the molecule is CCN(CC)CC(=O)NCCCCC(NC(=O)CN(CC)CC)C(=O)NCCCCC(NC(=O)C(CCCCNC(=O)CN(CC)CC)NC(=O)CN(CC)CC)C(=O)NCCCCC(NC(=O)C(CCCCNC(=O)C(CCCCNC(=O)CN(CC)CC)NC(=O)CN(CC)CC)NC(=O)C(CCCCNC(O)CN(CC)CC)NC(=O)CN(CC)CC)C(=O)NC(c1ccccc1)c1ccccc1. The lowest BCUT2D eigenvalue weighted by atomic mass is 9.97. The standard InChI is InChI=1S/C103H187N23O15/c1-17-119(18-2)71-88(127)104-64-46-39-57-81(111-92(131)75-123(25-9)26-10)97(135)108-68-50-43-59-83(115-100(138)84(113-94(133)77-125(29-13)30-14)60-41-48-66-106-90(129)73-121(21-5)22-6)99(137)110-70-52-45-63-87(103(141)118-96(79-53-35-33-36-54-79)80-55-37-34-38-56-80)117-102(140)86(116-101(139)85(114-95(134)78-126(31-15)32-16)61-42-49-67-107-91(130)74-122(23-7)24-8)62-44-51-69-109-98(136)82(112-93(132)76-124(27-11)28-12)58-40-47-65-105-89(128)72-120(19-3)20-4/h33-38,53-56,81-87,91,96,107,130H,17-32,39-52,57-78H2,1-16H3,(H,104,127)(H,105,128)(H,106,129)(H,108,135)(H,109,136)(H,110,137)(H,111,131)(H,112,132)(H,113,133)(H,114,134)(H,115,138)(H,116,139)(H,117,140)(H,118,141). The molecule has 0 fully saturated rings. The molecule has 0 aliphatic heterocycles. The van der Waals surface area contributed by atoms with Crippen molar-refractivity contribution in [3.8, 4) is 0 Å². The maximum absolute atomic E-state index is 15.6. The van der Waals surface area contributed by atoms with E-state index >= 15 is 14.4 Å². The van der Waals surface area contributed by atoms with Gasteiger partial charge in [-0.25, -0.2) is 0 Å². The van der Waals surface area contributed by atoms with Gasteiger partial charge in [0.05, 0.1) is 51.9 Å². The number of aliphatic hydroxyl groups is 1. The Labute approximate surface area is 844 Å². The van der Waals surface area contributed by atoms with Gasteiger partial charge in [0.15, 0.2) is 0 Å². The highest BCUT2D eigenvalue weighted by Crippen LogP contribution is 2.23. The molecule has 0 bridgehead atoms. The van der Waals surface area contributed by atoms with Crippen LogP contribution in [0.5, 0.6) is 0 Å². The fourth-order valence-corrected chi connectivity index (χ4v) is 16.3. The van der Waals surface area contributed by atoms with Crippen molar-refractivity contribution in [3.63, 3.8) is 0 Å². The van der Waals surface area contributed by atoms with Crippen LogP contribution >= 0.6 is 0 Å². The van der Waals surface area contributed by atoms with E-state index in [1.165, 1.54) is 0 Å². The smallest absolute Gasteiger partial charge is 0.243 e. The maximum Gasteiger partial charge on any atom is 0.243 e. The monoisotopic (exact) mass is 1990 g/mol. The number of unbranched alkanes of at least 4 members (excludes halogenated alkanes) is 7. The minimum Gasteiger partial charge on any atom is -0.377 e. The number of nitrogens with one attached hydrogen (secondary N) is 15. The minimum absolute atomic E-state index is 0.00764. The van der Waals surface area contributed by atoms with E-state index in [0.29, 0.717) is 169 Å². The van der Waals surface area contributed by atoms with Crippen molar-refractivity contribution in [2.45, 2.75) is 300 Å². The molecule has 14 amide bonds. The second-order valence-corrected chi connectivity index (χ2v) is 36.0. The first-order chi connectivity index (χ1) is 67.9. The van der Waals surface area contributed by atoms with Crippen LogP contribution in [0.1, 0.15) is 263 Å². The van der Waals surface area contributed by atoms with Gasteiger partial charge in [0.2, 0.25) is 82.7 Å². The molecule has 0 aliphatic carbocycles. The highest BCUT2D eigenvalue weighted by Gasteiger charge is 2.34. The van der Waals surface area contributed by atoms with Gasteiger partial charge in [0, 0.05) is 45.8 Å². The van der Waals surface area contributed by atoms with E-state index in [4.69, 9.17) is 0 Å². The van der Waals surface area contributed by atoms with E-state index in [1.54, 1.807) is 0 Å². The van der Waals surface area contributed by atoms with E-state index in [1.807, 2.05) is 206 Å². The van der Waals surface area contributed by atoms with Gasteiger partial charge < -0.3 is 79.5 Å². The first kappa shape index (κ1) is 128. The van der Waals surface area contributed by atoms with Crippen molar-refractivity contribution in [1.29, 1.82) is 0 Å². The molecular formula is C103H187N23O15. The molecule has 0 spiro atoms. The van der Waals surface area contributed by atoms with Crippen molar-refractivity contribution in [3.05, 3.63) is 71.8 Å². The molecule has 8 unspecified atom stereocenters. The largest absolute Gasteiger partial charge is 0.377 e. The Morgan fingerprint density at radius 1 is 0.220 bits per heavy atom. The lowest BCUT2D eigenvalue weighted by Gasteiger charge is -2.28. The zero-order valence-electron chi connectivity index (χ0n) is 89.0. The number of hydrogen-bond acceptors (Lipinski definition) is 24. The topological polar surface area (TPSA) is 466 Å². The van der Waals surface area contributed by atoms with E-state index in [-0.39, 0.29) is 159 Å². The van der Waals surface area contributed by atoms with Crippen molar-refractivity contribution in [1.82, 2.24) is 119 Å². The van der Waals surface area contributed by atoms with Crippen LogP contribution in [0.4, 0.5) is 0 Å². The van der Waals surface area contributed by atoms with E-state index in [0.717, 1.165) is 50.4 Å². The number of nitrogens with zero attached hydrogens (tertiary/aromatic N) is 8. The number of hydrogen-bond donors (Lipinski definition) is 16. The molecule has 0 aliphatic rings. The first-order valence-corrected chi connectivity index (χ1v) is 53.3. The lowest BCUT2D eigenvalue weighted by Crippen LogP contribution is -2.57. The number of rotatable bonds is 85. The first-order valence-electron chi connectivity index (χ1n) is 53.3. The van der Waals surface area contributed by atoms with Crippen LogP contribution in [-0.4, -0.2) is 378 Å². The summed E-state index contributed by atoms with van der Waals surface area (Å²) in [5, 5.41) is 55.9. The predicted octanol–water partition coefficient (Wildman–Crippen LogP) is 3.82. The van der Waals surface area contributed by atoms with E-state index < -0.39 is 108 Å². The number of carbonyl (C=O) groups excluding carboxylic acids is 14. The second kappa shape index (κ2) is 79.0. The van der Waals surface area contributed by atoms with Gasteiger partial charge in [0.1, 0.15) is 48.5 Å². The molecule has 8 atom stereocenters. The average Bonchev–Trinajstić information content (AvgIpc) is 0.831. The van der Waals surface area contributed by atoms with Crippen molar-refractivity contribution < 1.29 is 72.2 Å². The summed E-state index contributed by atoms with van der Waals surface area (Å²) in [5.41, 5.74) is 1.48. The normalized spacial score (nSPS) is 13.3. The molecule has 804 valence electrons. The van der Waals surface area contributed by atoms with E-state index in [9.17, 15) is 57.8 Å². The zero-order chi connectivity index (χ0) is 104. The minimum atomic E-state index is -1.34. The third-order valence-electron chi connectivity index (χ3n) is 25.9. The van der Waals surface area contributed by atoms with Gasteiger partial charge in [-0.1, -0.05) is 171 Å². The van der Waals surface area contributed by atoms with Gasteiger partial charge in [-0.05, 0) is 257 Å². The molecule has 2 aromatic rings. The fraction of sp³-hybridized carbons (Fsp3) is 0.748. The highest BCUT2D eigenvalue weighted by molar-refractivity contribution is 5.96. The van der Waals surface area contributed by atoms with Gasteiger partial charge >= 0.3 is 0 Å². The summed E-state index contributed by atoms with van der Waals surface area (Å²) < 4.78 is 0. The molecule has 2 aromatic carbocycles. The van der Waals surface area contributed by atoms with Gasteiger partial charge in [-0.2, -0.15) is 0 Å². The summed E-state index contributed by atoms with van der Waals surface area (Å²) in [6, 6.07) is 10.1. The molecule has 0 aromatic heterocycles. The van der Waals surface area contributed by atoms with Crippen LogP contribution in [0, 0.1) is 0 Å². The molecular weight excluding hydrogens is 1800 g/mol. The quantitative estimate of drug-likeness (QED) is 0.0330. The molecule has 38 nitrogen and oxygen atoms in total. The predicted molar refractivity (Wildman–Crippen MR) is 558 cm³/mol. The summed E-state index contributed by atoms with van der Waals surface area (Å²) in [7, 11) is 0. The van der Waals surface area contributed by atoms with Crippen LogP contribution in [0.2, 0.25) is 0 Å². The Bertz CT molecular complexity index is 3760. The zero-order valence-corrected chi connectivity index (χ0v) is 89.0. The van der Waals surface area contributed by atoms with Crippen molar-refractivity contribution in [2.75, 3.05) is 203 Å². The van der Waals surface area contributed by atoms with Crippen LogP contribution in [-0.2, 0) is 67.1 Å². The summed E-state index contributed by atoms with van der Waals surface area (Å²) in [4.78, 5) is 214.